The van der Waals surface area contributed by atoms with Crippen molar-refractivity contribution >= 4 is 11.7 Å². The van der Waals surface area contributed by atoms with Crippen LogP contribution >= 0.6 is 0 Å². The smallest absolute Gasteiger partial charge is 0.319 e. The van der Waals surface area contributed by atoms with Gasteiger partial charge >= 0.3 is 6.03 Å². The van der Waals surface area contributed by atoms with Gasteiger partial charge in [0.25, 0.3) is 0 Å². The normalized spacial score (nSPS) is 11.6. The molecular formula is C16H19N3O2. The van der Waals surface area contributed by atoms with Gasteiger partial charge in [-0.2, -0.15) is 0 Å². The summed E-state index contributed by atoms with van der Waals surface area (Å²) in [5.41, 5.74) is 2.64. The lowest BCUT2D eigenvalue weighted by Crippen LogP contribution is -2.31. The van der Waals surface area contributed by atoms with Crippen molar-refractivity contribution in [1.29, 1.82) is 0 Å². The predicted molar refractivity (Wildman–Crippen MR) is 82.5 cm³/mol. The molecule has 21 heavy (non-hydrogen) atoms. The van der Waals surface area contributed by atoms with E-state index in [1.165, 1.54) is 0 Å². The van der Waals surface area contributed by atoms with Gasteiger partial charge in [0.05, 0.1) is 18.8 Å². The van der Waals surface area contributed by atoms with E-state index < -0.39 is 0 Å². The third-order valence-corrected chi connectivity index (χ3v) is 3.14. The van der Waals surface area contributed by atoms with Gasteiger partial charge in [0, 0.05) is 12.4 Å². The van der Waals surface area contributed by atoms with E-state index in [0.717, 1.165) is 11.1 Å². The molecule has 0 fully saturated rings. The third kappa shape index (κ3) is 3.95. The van der Waals surface area contributed by atoms with Crippen LogP contribution in [0.25, 0.3) is 0 Å². The van der Waals surface area contributed by atoms with Crippen LogP contribution in [0.4, 0.5) is 10.5 Å². The van der Waals surface area contributed by atoms with E-state index in [1.54, 1.807) is 19.5 Å². The molecule has 0 aliphatic heterocycles. The van der Waals surface area contributed by atoms with Crippen LogP contribution < -0.4 is 15.4 Å². The maximum Gasteiger partial charge on any atom is 0.319 e. The number of hydrogen-bond acceptors (Lipinski definition) is 3. The highest BCUT2D eigenvalue weighted by atomic mass is 16.5. The number of aromatic nitrogens is 1. The Hall–Kier alpha value is -2.56. The zero-order valence-corrected chi connectivity index (χ0v) is 12.4. The maximum absolute atomic E-state index is 12.1. The van der Waals surface area contributed by atoms with Crippen molar-refractivity contribution in [3.05, 3.63) is 53.9 Å². The Balaban J connectivity index is 2.04. The first-order valence-electron chi connectivity index (χ1n) is 6.72. The largest absolute Gasteiger partial charge is 0.495 e. The Kier molecular flexibility index (Phi) is 4.77. The van der Waals surface area contributed by atoms with Gasteiger partial charge in [-0.15, -0.1) is 0 Å². The monoisotopic (exact) mass is 285 g/mol. The van der Waals surface area contributed by atoms with Crippen LogP contribution in [-0.2, 0) is 0 Å². The van der Waals surface area contributed by atoms with Crippen molar-refractivity contribution in [1.82, 2.24) is 10.3 Å². The Bertz CT molecular complexity index is 614. The number of carbonyl (C=O) groups is 1. The van der Waals surface area contributed by atoms with Gasteiger partial charge in [-0.05, 0) is 43.2 Å². The Labute approximate surface area is 124 Å². The van der Waals surface area contributed by atoms with Crippen LogP contribution in [0.3, 0.4) is 0 Å². The molecule has 2 amide bonds. The highest BCUT2D eigenvalue weighted by Gasteiger charge is 2.11. The number of benzene rings is 1. The van der Waals surface area contributed by atoms with E-state index in [4.69, 9.17) is 4.74 Å². The van der Waals surface area contributed by atoms with Crippen LogP contribution in [0.15, 0.2) is 42.7 Å². The lowest BCUT2D eigenvalue weighted by molar-refractivity contribution is 0.249. The summed E-state index contributed by atoms with van der Waals surface area (Å²) in [4.78, 5) is 16.1. The fourth-order valence-corrected chi connectivity index (χ4v) is 1.99. The zero-order chi connectivity index (χ0) is 15.2. The molecule has 5 nitrogen and oxygen atoms in total. The van der Waals surface area contributed by atoms with Crippen LogP contribution in [0, 0.1) is 6.92 Å². The van der Waals surface area contributed by atoms with Gasteiger partial charge in [0.15, 0.2) is 0 Å². The van der Waals surface area contributed by atoms with Gasteiger partial charge in [-0.25, -0.2) is 4.79 Å². The van der Waals surface area contributed by atoms with E-state index in [-0.39, 0.29) is 12.1 Å². The topological polar surface area (TPSA) is 63.2 Å². The number of rotatable bonds is 4. The standard InChI is InChI=1S/C16H19N3O2/c1-11-6-7-15(21-3)14(9-11)19-16(20)18-12(2)13-5-4-8-17-10-13/h4-10,12H,1-3H3,(H2,18,19,20)/t12-/m1/s1. The fourth-order valence-electron chi connectivity index (χ4n) is 1.99. The third-order valence-electron chi connectivity index (χ3n) is 3.14. The molecule has 0 bridgehead atoms. The van der Waals surface area contributed by atoms with Crippen molar-refractivity contribution in [3.63, 3.8) is 0 Å². The van der Waals surface area contributed by atoms with Crippen molar-refractivity contribution in [2.75, 3.05) is 12.4 Å². The second-order valence-corrected chi connectivity index (χ2v) is 4.81. The highest BCUT2D eigenvalue weighted by Crippen LogP contribution is 2.25. The van der Waals surface area contributed by atoms with Gasteiger partial charge < -0.3 is 15.4 Å². The van der Waals surface area contributed by atoms with E-state index >= 15 is 0 Å². The molecule has 0 unspecified atom stereocenters. The minimum Gasteiger partial charge on any atom is -0.495 e. The Morgan fingerprint density at radius 2 is 2.14 bits per heavy atom. The lowest BCUT2D eigenvalue weighted by atomic mass is 10.1. The summed E-state index contributed by atoms with van der Waals surface area (Å²) in [6.07, 6.45) is 3.44. The van der Waals surface area contributed by atoms with Gasteiger partial charge in [0.2, 0.25) is 0 Å². The second-order valence-electron chi connectivity index (χ2n) is 4.81. The Morgan fingerprint density at radius 1 is 1.33 bits per heavy atom. The maximum atomic E-state index is 12.1. The molecule has 0 radical (unpaired) electrons. The summed E-state index contributed by atoms with van der Waals surface area (Å²) in [7, 11) is 1.58. The molecule has 0 saturated carbocycles. The highest BCUT2D eigenvalue weighted by molar-refractivity contribution is 5.91. The molecule has 0 aliphatic rings. The van der Waals surface area contributed by atoms with Crippen molar-refractivity contribution < 1.29 is 9.53 Å². The van der Waals surface area contributed by atoms with Crippen LogP contribution in [-0.4, -0.2) is 18.1 Å². The summed E-state index contributed by atoms with van der Waals surface area (Å²) in [6.45, 7) is 3.87. The number of aryl methyl sites for hydroxylation is 1. The van der Waals surface area contributed by atoms with Crippen LogP contribution in [0.1, 0.15) is 24.1 Å². The first kappa shape index (κ1) is 14.8. The first-order chi connectivity index (χ1) is 10.1. The number of methoxy groups -OCH3 is 1. The molecule has 1 atom stereocenters. The van der Waals surface area contributed by atoms with E-state index in [0.29, 0.717) is 11.4 Å². The lowest BCUT2D eigenvalue weighted by Gasteiger charge is -2.16. The number of anilines is 1. The number of pyridine rings is 1. The number of urea groups is 1. The van der Waals surface area contributed by atoms with E-state index in [9.17, 15) is 4.79 Å². The van der Waals surface area contributed by atoms with Gasteiger partial charge in [0.1, 0.15) is 5.75 Å². The van der Waals surface area contributed by atoms with Gasteiger partial charge in [-0.1, -0.05) is 12.1 Å². The zero-order valence-electron chi connectivity index (χ0n) is 12.4. The number of nitrogens with zero attached hydrogens (tertiary/aromatic N) is 1. The predicted octanol–water partition coefficient (Wildman–Crippen LogP) is 3.28. The van der Waals surface area contributed by atoms with E-state index in [2.05, 4.69) is 15.6 Å². The number of hydrogen-bond donors (Lipinski definition) is 2. The molecule has 2 aromatic rings. The summed E-state index contributed by atoms with van der Waals surface area (Å²) in [5.74, 6) is 0.629. The molecule has 1 aromatic heterocycles. The SMILES string of the molecule is COc1ccc(C)cc1NC(=O)N[C@H](C)c1cccnc1. The van der Waals surface area contributed by atoms with Crippen molar-refractivity contribution in [2.45, 2.75) is 19.9 Å². The number of nitrogens with one attached hydrogen (secondary N) is 2. The summed E-state index contributed by atoms with van der Waals surface area (Å²) < 4.78 is 5.24. The summed E-state index contributed by atoms with van der Waals surface area (Å²) in [6, 6.07) is 8.98. The second kappa shape index (κ2) is 6.74. The van der Waals surface area contributed by atoms with Gasteiger partial charge in [-0.3, -0.25) is 4.98 Å². The molecule has 0 aliphatic carbocycles. The quantitative estimate of drug-likeness (QED) is 0.906. The molecule has 0 saturated heterocycles. The summed E-state index contributed by atoms with van der Waals surface area (Å²) in [5, 5.41) is 5.68. The van der Waals surface area contributed by atoms with Crippen LogP contribution in [0.2, 0.25) is 0 Å². The van der Waals surface area contributed by atoms with Crippen molar-refractivity contribution in [2.24, 2.45) is 0 Å². The minimum atomic E-state index is -0.282. The average molecular weight is 285 g/mol. The fraction of sp³-hybridized carbons (Fsp3) is 0.250. The molecule has 2 rings (SSSR count). The first-order valence-corrected chi connectivity index (χ1v) is 6.72. The molecule has 1 aromatic carbocycles. The average Bonchev–Trinajstić information content (AvgIpc) is 2.48. The number of ether oxygens (including phenoxy) is 1. The Morgan fingerprint density at radius 3 is 2.81 bits per heavy atom. The molecular weight excluding hydrogens is 266 g/mol. The number of carbonyl (C=O) groups excluding carboxylic acids is 1. The molecule has 1 heterocycles. The summed E-state index contributed by atoms with van der Waals surface area (Å²) >= 11 is 0. The minimum absolute atomic E-state index is 0.130. The number of amides is 2. The molecule has 0 spiro atoms. The van der Waals surface area contributed by atoms with Crippen LogP contribution in [0.5, 0.6) is 5.75 Å². The molecule has 5 heteroatoms. The van der Waals surface area contributed by atoms with E-state index in [1.807, 2.05) is 44.2 Å². The molecule has 2 N–H and O–H groups in total. The molecule has 110 valence electrons. The van der Waals surface area contributed by atoms with Crippen molar-refractivity contribution in [3.8, 4) is 5.75 Å².